The number of pyridine rings is 1. The average molecular weight is 621 g/mol. The van der Waals surface area contributed by atoms with Crippen molar-refractivity contribution in [3.8, 4) is 0 Å². The van der Waals surface area contributed by atoms with Gasteiger partial charge in [-0.1, -0.05) is 6.07 Å². The standard InChI is InChI=1S/C25H25F6N5O7/c26-24(27,28)14-5-13(6-15(7-14)25(29,30)31)21(38)35-18(22(39)40)10-34-20(37)12-43-17-8-16(36(11-17)23(41)42)9-33-19-3-1-2-4-32-19/h1-7,16-18H,8-12H2,(H,32,33)(H,34,37)(H,35,38)(H,39,40)(H,41,42). The van der Waals surface area contributed by atoms with Crippen molar-refractivity contribution in [2.24, 2.45) is 0 Å². The van der Waals surface area contributed by atoms with Crippen LogP contribution in [0, 0.1) is 0 Å². The fourth-order valence-electron chi connectivity index (χ4n) is 4.10. The maximum Gasteiger partial charge on any atom is 0.416 e. The first-order chi connectivity index (χ1) is 20.0. The van der Waals surface area contributed by atoms with Crippen molar-refractivity contribution in [3.05, 3.63) is 59.3 Å². The fraction of sp³-hybridized carbons (Fsp3) is 0.400. The van der Waals surface area contributed by atoms with Crippen LogP contribution in [-0.4, -0.2) is 88.4 Å². The minimum atomic E-state index is -5.23. The first kappa shape index (κ1) is 32.9. The number of carbonyl (C=O) groups is 4. The van der Waals surface area contributed by atoms with Crippen molar-refractivity contribution in [1.29, 1.82) is 0 Å². The van der Waals surface area contributed by atoms with Crippen LogP contribution < -0.4 is 16.0 Å². The summed E-state index contributed by atoms with van der Waals surface area (Å²) in [5, 5.41) is 25.8. The van der Waals surface area contributed by atoms with Gasteiger partial charge in [-0.05, 0) is 36.8 Å². The van der Waals surface area contributed by atoms with E-state index in [1.165, 1.54) is 0 Å². The summed E-state index contributed by atoms with van der Waals surface area (Å²) < 4.78 is 84.0. The topological polar surface area (TPSA) is 170 Å². The van der Waals surface area contributed by atoms with Crippen LogP contribution in [0.1, 0.15) is 27.9 Å². The Hall–Kier alpha value is -4.61. The number of hydrogen-bond acceptors (Lipinski definition) is 7. The van der Waals surface area contributed by atoms with Crippen LogP contribution in [0.15, 0.2) is 42.6 Å². The van der Waals surface area contributed by atoms with Crippen molar-refractivity contribution in [3.63, 3.8) is 0 Å². The lowest BCUT2D eigenvalue weighted by Gasteiger charge is -2.21. The summed E-state index contributed by atoms with van der Waals surface area (Å²) in [5.74, 6) is -3.66. The van der Waals surface area contributed by atoms with Crippen LogP contribution in [0.4, 0.5) is 37.0 Å². The maximum absolute atomic E-state index is 13.1. The molecule has 3 amide bonds. The molecule has 2 heterocycles. The number of hydrogen-bond donors (Lipinski definition) is 5. The number of nitrogens with one attached hydrogen (secondary N) is 3. The third kappa shape index (κ3) is 9.45. The number of carboxylic acid groups (broad SMARTS) is 2. The zero-order valence-electron chi connectivity index (χ0n) is 21.9. The van der Waals surface area contributed by atoms with E-state index in [-0.39, 0.29) is 37.7 Å². The number of rotatable bonds is 11. The predicted octanol–water partition coefficient (Wildman–Crippen LogP) is 2.67. The molecule has 0 bridgehead atoms. The van der Waals surface area contributed by atoms with Gasteiger partial charge in [-0.3, -0.25) is 9.59 Å². The summed E-state index contributed by atoms with van der Waals surface area (Å²) in [6.45, 7) is -1.30. The van der Waals surface area contributed by atoms with E-state index in [0.29, 0.717) is 5.82 Å². The SMILES string of the molecule is O=C(COC1CC(CNc2ccccn2)N(C(=O)O)C1)NCC(NC(=O)c1cc(C(F)(F)F)cc(C(F)(F)F)c1)C(=O)O. The molecule has 2 aromatic rings. The molecular formula is C25H25F6N5O7. The van der Waals surface area contributed by atoms with Crippen LogP contribution in [0.25, 0.3) is 0 Å². The molecule has 3 unspecified atom stereocenters. The third-order valence-electron chi connectivity index (χ3n) is 6.21. The van der Waals surface area contributed by atoms with Crippen LogP contribution in [-0.2, 0) is 26.7 Å². The number of halogens is 6. The van der Waals surface area contributed by atoms with Gasteiger partial charge in [0.2, 0.25) is 5.91 Å². The molecule has 0 saturated carbocycles. The third-order valence-corrected chi connectivity index (χ3v) is 6.21. The van der Waals surface area contributed by atoms with E-state index >= 15 is 0 Å². The number of carboxylic acids is 1. The van der Waals surface area contributed by atoms with Crippen LogP contribution in [0.3, 0.4) is 0 Å². The molecule has 3 atom stereocenters. The Balaban J connectivity index is 1.55. The fourth-order valence-corrected chi connectivity index (χ4v) is 4.10. The summed E-state index contributed by atoms with van der Waals surface area (Å²) in [5.41, 5.74) is -4.64. The van der Waals surface area contributed by atoms with Gasteiger partial charge >= 0.3 is 24.4 Å². The second-order valence-corrected chi connectivity index (χ2v) is 9.32. The van der Waals surface area contributed by atoms with Crippen molar-refractivity contribution in [2.75, 3.05) is 31.6 Å². The van der Waals surface area contributed by atoms with Crippen LogP contribution >= 0.6 is 0 Å². The Bertz CT molecular complexity index is 1290. The van der Waals surface area contributed by atoms with Gasteiger partial charge in [0.15, 0.2) is 0 Å². The molecule has 0 aliphatic carbocycles. The second kappa shape index (κ2) is 13.6. The van der Waals surface area contributed by atoms with Gasteiger partial charge in [0.25, 0.3) is 5.91 Å². The Morgan fingerprint density at radius 3 is 2.21 bits per heavy atom. The molecule has 1 fully saturated rings. The normalized spacial score (nSPS) is 17.7. The van der Waals surface area contributed by atoms with Gasteiger partial charge in [-0.25, -0.2) is 14.6 Å². The molecule has 18 heteroatoms. The van der Waals surface area contributed by atoms with E-state index in [9.17, 15) is 55.7 Å². The number of nitrogens with zero attached hydrogens (tertiary/aromatic N) is 2. The highest BCUT2D eigenvalue weighted by atomic mass is 19.4. The molecule has 3 rings (SSSR count). The quantitative estimate of drug-likeness (QED) is 0.237. The molecule has 1 saturated heterocycles. The van der Waals surface area contributed by atoms with E-state index in [0.717, 1.165) is 4.90 Å². The molecule has 1 aliphatic rings. The zero-order chi connectivity index (χ0) is 31.9. The molecule has 1 aromatic carbocycles. The van der Waals surface area contributed by atoms with Gasteiger partial charge in [0, 0.05) is 24.8 Å². The first-order valence-electron chi connectivity index (χ1n) is 12.4. The van der Waals surface area contributed by atoms with Gasteiger partial charge in [0.1, 0.15) is 18.5 Å². The smallest absolute Gasteiger partial charge is 0.416 e. The number of amides is 3. The van der Waals surface area contributed by atoms with Crippen molar-refractivity contribution >= 4 is 29.7 Å². The minimum absolute atomic E-state index is 0.0676. The molecular weight excluding hydrogens is 596 g/mol. The Morgan fingerprint density at radius 2 is 1.67 bits per heavy atom. The number of likely N-dealkylation sites (tertiary alicyclic amines) is 1. The minimum Gasteiger partial charge on any atom is -0.480 e. The Labute approximate surface area is 239 Å². The first-order valence-corrected chi connectivity index (χ1v) is 12.4. The monoisotopic (exact) mass is 621 g/mol. The highest BCUT2D eigenvalue weighted by Crippen LogP contribution is 2.36. The molecule has 12 nitrogen and oxygen atoms in total. The van der Waals surface area contributed by atoms with E-state index in [2.05, 4.69) is 15.6 Å². The molecule has 1 aromatic heterocycles. The summed E-state index contributed by atoms with van der Waals surface area (Å²) in [6, 6.07) is 2.75. The van der Waals surface area contributed by atoms with Gasteiger partial charge in [0.05, 0.1) is 29.8 Å². The van der Waals surface area contributed by atoms with Crippen LogP contribution in [0.5, 0.6) is 0 Å². The molecule has 1 aliphatic heterocycles. The highest BCUT2D eigenvalue weighted by Gasteiger charge is 2.38. The molecule has 0 spiro atoms. The van der Waals surface area contributed by atoms with E-state index in [1.54, 1.807) is 29.7 Å². The summed E-state index contributed by atoms with van der Waals surface area (Å²) in [7, 11) is 0. The van der Waals surface area contributed by atoms with Gasteiger partial charge < -0.3 is 35.8 Å². The summed E-state index contributed by atoms with van der Waals surface area (Å²) in [6.07, 6.45) is -10.6. The van der Waals surface area contributed by atoms with Gasteiger partial charge in [-0.15, -0.1) is 0 Å². The largest absolute Gasteiger partial charge is 0.480 e. The zero-order valence-corrected chi connectivity index (χ0v) is 21.9. The van der Waals surface area contributed by atoms with Crippen molar-refractivity contribution < 1.29 is 60.5 Å². The molecule has 43 heavy (non-hydrogen) atoms. The molecule has 234 valence electrons. The van der Waals surface area contributed by atoms with Crippen molar-refractivity contribution in [2.45, 2.75) is 37.0 Å². The Kier molecular flexibility index (Phi) is 10.4. The number of aliphatic carboxylic acids is 1. The molecule has 0 radical (unpaired) electrons. The average Bonchev–Trinajstić information content (AvgIpc) is 3.35. The van der Waals surface area contributed by atoms with E-state index in [4.69, 9.17) is 4.74 Å². The van der Waals surface area contributed by atoms with E-state index in [1.807, 2.05) is 0 Å². The highest BCUT2D eigenvalue weighted by molar-refractivity contribution is 5.97. The lowest BCUT2D eigenvalue weighted by Crippen LogP contribution is -2.49. The van der Waals surface area contributed by atoms with Crippen molar-refractivity contribution in [1.82, 2.24) is 20.5 Å². The lowest BCUT2D eigenvalue weighted by molar-refractivity contribution is -0.143. The second-order valence-electron chi connectivity index (χ2n) is 9.32. The van der Waals surface area contributed by atoms with E-state index < -0.39 is 84.3 Å². The number of anilines is 1. The van der Waals surface area contributed by atoms with Crippen LogP contribution in [0.2, 0.25) is 0 Å². The number of benzene rings is 1. The predicted molar refractivity (Wildman–Crippen MR) is 134 cm³/mol. The number of carbonyl (C=O) groups excluding carboxylic acids is 2. The number of aromatic nitrogens is 1. The molecule has 5 N–H and O–H groups in total. The number of ether oxygens (including phenoxy) is 1. The number of alkyl halides is 6. The van der Waals surface area contributed by atoms with Gasteiger partial charge in [-0.2, -0.15) is 26.3 Å². The lowest BCUT2D eigenvalue weighted by atomic mass is 10.0. The maximum atomic E-state index is 13.1. The summed E-state index contributed by atoms with van der Waals surface area (Å²) >= 11 is 0. The summed E-state index contributed by atoms with van der Waals surface area (Å²) in [4.78, 5) is 53.1. The Morgan fingerprint density at radius 1 is 1.02 bits per heavy atom.